The molecule has 4 aromatic carbocycles. The number of rotatable bonds is 9. The molecule has 2 atom stereocenters. The van der Waals surface area contributed by atoms with Gasteiger partial charge in [-0.1, -0.05) is 46.3 Å². The van der Waals surface area contributed by atoms with Crippen LogP contribution in [0.1, 0.15) is 17.2 Å². The molecule has 206 valence electrons. The third-order valence-corrected chi connectivity index (χ3v) is 6.25. The molecule has 10 heteroatoms. The number of anilines is 3. The highest BCUT2D eigenvalue weighted by Gasteiger charge is 2.30. The van der Waals surface area contributed by atoms with Crippen LogP contribution in [0.15, 0.2) is 114 Å². The third-order valence-electron chi connectivity index (χ3n) is 5.76. The molecule has 0 unspecified atom stereocenters. The van der Waals surface area contributed by atoms with Crippen molar-refractivity contribution in [3.63, 3.8) is 0 Å². The molecule has 5 N–H and O–H groups in total. The molecule has 0 fully saturated rings. The highest BCUT2D eigenvalue weighted by molar-refractivity contribution is 9.10. The van der Waals surface area contributed by atoms with Crippen LogP contribution in [0.5, 0.6) is 11.5 Å². The van der Waals surface area contributed by atoms with E-state index in [4.69, 9.17) is 20.5 Å². The van der Waals surface area contributed by atoms with Crippen LogP contribution in [0, 0.1) is 11.3 Å². The van der Waals surface area contributed by atoms with Crippen LogP contribution < -0.4 is 21.1 Å². The minimum atomic E-state index is -1.21. The number of ether oxygens (including phenoxy) is 2. The normalized spacial score (nSPS) is 12.1. The topological polar surface area (TPSA) is 147 Å². The largest absolute Gasteiger partial charge is 0.508 e. The van der Waals surface area contributed by atoms with Gasteiger partial charge < -0.3 is 25.6 Å². The van der Waals surface area contributed by atoms with E-state index in [9.17, 15) is 14.7 Å². The molecular formula is C31H25BrN4O5. The maximum atomic E-state index is 13.1. The Morgan fingerprint density at radius 2 is 1.66 bits per heavy atom. The van der Waals surface area contributed by atoms with Gasteiger partial charge in [-0.3, -0.25) is 10.1 Å². The maximum Gasteiger partial charge on any atom is 0.412 e. The number of hydrogen-bond donors (Lipinski definition) is 4. The lowest BCUT2D eigenvalue weighted by Crippen LogP contribution is -2.30. The smallest absolute Gasteiger partial charge is 0.412 e. The molecule has 0 saturated heterocycles. The van der Waals surface area contributed by atoms with Crippen molar-refractivity contribution in [2.75, 3.05) is 16.4 Å². The van der Waals surface area contributed by atoms with Gasteiger partial charge in [0, 0.05) is 21.8 Å². The molecule has 0 aliphatic carbocycles. The number of nitrogens with zero attached hydrogens (tertiary/aromatic N) is 1. The van der Waals surface area contributed by atoms with E-state index in [-0.39, 0.29) is 11.3 Å². The average Bonchev–Trinajstić information content (AvgIpc) is 2.97. The number of nitrogen functional groups attached to an aromatic ring is 1. The number of hydrogen-bond acceptors (Lipinski definition) is 7. The highest BCUT2D eigenvalue weighted by Crippen LogP contribution is 2.35. The second-order valence-electron chi connectivity index (χ2n) is 8.67. The van der Waals surface area contributed by atoms with E-state index in [0.29, 0.717) is 32.8 Å². The van der Waals surface area contributed by atoms with Crippen LogP contribution in [-0.2, 0) is 9.53 Å². The Labute approximate surface area is 245 Å². The van der Waals surface area contributed by atoms with Crippen molar-refractivity contribution >= 4 is 45.0 Å². The van der Waals surface area contributed by atoms with E-state index < -0.39 is 24.2 Å². The van der Waals surface area contributed by atoms with Crippen LogP contribution in [0.2, 0.25) is 0 Å². The first-order valence-corrected chi connectivity index (χ1v) is 13.1. The predicted molar refractivity (Wildman–Crippen MR) is 159 cm³/mol. The summed E-state index contributed by atoms with van der Waals surface area (Å²) in [5.41, 5.74) is 7.82. The fraction of sp³-hybridized carbons (Fsp3) is 0.0645. The SMILES string of the molecule is N#Cc1ccc(NC(=O)O[C@H](c2cc(Br)ccc2O)[C@@H](/C=C/C(=O)Nc2ccccc2N)Oc2ccccc2)cc1. The zero-order valence-electron chi connectivity index (χ0n) is 21.5. The number of carbonyl (C=O) groups is 2. The van der Waals surface area contributed by atoms with Gasteiger partial charge in [-0.25, -0.2) is 4.79 Å². The highest BCUT2D eigenvalue weighted by atomic mass is 79.9. The third kappa shape index (κ3) is 8.11. The van der Waals surface area contributed by atoms with Crippen LogP contribution >= 0.6 is 15.9 Å². The Kier molecular flexibility index (Phi) is 9.59. The first-order valence-electron chi connectivity index (χ1n) is 12.3. The molecule has 2 amide bonds. The van der Waals surface area contributed by atoms with Gasteiger partial charge >= 0.3 is 6.09 Å². The van der Waals surface area contributed by atoms with Gasteiger partial charge in [-0.2, -0.15) is 5.26 Å². The summed E-state index contributed by atoms with van der Waals surface area (Å²) in [4.78, 5) is 25.9. The summed E-state index contributed by atoms with van der Waals surface area (Å²) in [6, 6.07) is 28.5. The standard InChI is InChI=1S/C31H25BrN4O5/c32-21-12-15-27(37)24(18-21)30(41-31(39)35-22-13-10-20(19-33)11-14-22)28(40-23-6-2-1-3-7-23)16-17-29(38)36-26-9-5-4-8-25(26)34/h1-18,28,30,37H,34H2,(H,35,39)(H,36,38)/b17-16+/t28-,30-/m1/s1. The maximum absolute atomic E-state index is 13.1. The predicted octanol–water partition coefficient (Wildman–Crippen LogP) is 6.54. The summed E-state index contributed by atoms with van der Waals surface area (Å²) in [6.07, 6.45) is -0.457. The number of aromatic hydroxyl groups is 1. The van der Waals surface area contributed by atoms with Crippen molar-refractivity contribution in [3.8, 4) is 17.6 Å². The van der Waals surface area contributed by atoms with Crippen molar-refractivity contribution in [2.24, 2.45) is 0 Å². The van der Waals surface area contributed by atoms with Gasteiger partial charge in [0.2, 0.25) is 5.91 Å². The number of para-hydroxylation sites is 3. The van der Waals surface area contributed by atoms with Crippen molar-refractivity contribution in [1.82, 2.24) is 0 Å². The number of nitriles is 1. The molecule has 0 bridgehead atoms. The molecule has 0 aliphatic heterocycles. The van der Waals surface area contributed by atoms with E-state index in [1.165, 1.54) is 18.2 Å². The van der Waals surface area contributed by atoms with E-state index >= 15 is 0 Å². The molecule has 0 spiro atoms. The second kappa shape index (κ2) is 13.7. The molecular weight excluding hydrogens is 588 g/mol. The summed E-state index contributed by atoms with van der Waals surface area (Å²) >= 11 is 3.39. The van der Waals surface area contributed by atoms with E-state index in [0.717, 1.165) is 0 Å². The minimum Gasteiger partial charge on any atom is -0.508 e. The number of nitrogens with one attached hydrogen (secondary N) is 2. The molecule has 9 nitrogen and oxygen atoms in total. The lowest BCUT2D eigenvalue weighted by molar-refractivity contribution is -0.112. The Morgan fingerprint density at radius 1 is 0.951 bits per heavy atom. The molecule has 0 aliphatic rings. The zero-order valence-corrected chi connectivity index (χ0v) is 23.1. The van der Waals surface area contributed by atoms with E-state index in [1.54, 1.807) is 84.9 Å². The molecule has 0 saturated carbocycles. The first-order chi connectivity index (χ1) is 19.8. The summed E-state index contributed by atoms with van der Waals surface area (Å²) < 4.78 is 12.6. The molecule has 0 aromatic heterocycles. The van der Waals surface area contributed by atoms with Gasteiger partial charge in [-0.15, -0.1) is 0 Å². The Bertz CT molecular complexity index is 1590. The lowest BCUT2D eigenvalue weighted by Gasteiger charge is -2.27. The number of carbonyl (C=O) groups excluding carboxylic acids is 2. The number of halogens is 1. The Balaban J connectivity index is 1.66. The van der Waals surface area contributed by atoms with Crippen LogP contribution in [0.25, 0.3) is 0 Å². The van der Waals surface area contributed by atoms with Gasteiger partial charge in [0.15, 0.2) is 12.2 Å². The summed E-state index contributed by atoms with van der Waals surface area (Å²) in [5, 5.41) is 25.1. The van der Waals surface area contributed by atoms with E-state index in [2.05, 4.69) is 26.6 Å². The lowest BCUT2D eigenvalue weighted by atomic mass is 10.0. The fourth-order valence-electron chi connectivity index (χ4n) is 3.78. The Morgan fingerprint density at radius 3 is 2.37 bits per heavy atom. The zero-order chi connectivity index (χ0) is 29.2. The number of amides is 2. The van der Waals surface area contributed by atoms with Crippen molar-refractivity contribution in [3.05, 3.63) is 125 Å². The molecule has 4 rings (SSSR count). The molecule has 41 heavy (non-hydrogen) atoms. The van der Waals surface area contributed by atoms with Crippen LogP contribution in [0.4, 0.5) is 21.9 Å². The quantitative estimate of drug-likeness (QED) is 0.124. The number of phenolic OH excluding ortho intramolecular Hbond substituents is 1. The number of benzene rings is 4. The average molecular weight is 613 g/mol. The van der Waals surface area contributed by atoms with Crippen molar-refractivity contribution < 1.29 is 24.2 Å². The monoisotopic (exact) mass is 612 g/mol. The number of nitrogens with two attached hydrogens (primary N) is 1. The van der Waals surface area contributed by atoms with Crippen LogP contribution in [-0.4, -0.2) is 23.2 Å². The van der Waals surface area contributed by atoms with E-state index in [1.807, 2.05) is 12.1 Å². The van der Waals surface area contributed by atoms with Gasteiger partial charge in [0.25, 0.3) is 0 Å². The van der Waals surface area contributed by atoms with Crippen molar-refractivity contribution in [1.29, 1.82) is 5.26 Å². The molecule has 4 aromatic rings. The summed E-state index contributed by atoms with van der Waals surface area (Å²) in [6.45, 7) is 0. The summed E-state index contributed by atoms with van der Waals surface area (Å²) in [7, 11) is 0. The molecule has 0 radical (unpaired) electrons. The van der Waals surface area contributed by atoms with Gasteiger partial charge in [-0.05, 0) is 72.8 Å². The number of phenols is 1. The van der Waals surface area contributed by atoms with Gasteiger partial charge in [0.05, 0.1) is 23.0 Å². The summed E-state index contributed by atoms with van der Waals surface area (Å²) in [5.74, 6) is -0.213. The second-order valence-corrected chi connectivity index (χ2v) is 9.59. The van der Waals surface area contributed by atoms with Gasteiger partial charge in [0.1, 0.15) is 11.5 Å². The molecule has 0 heterocycles. The minimum absolute atomic E-state index is 0.152. The first kappa shape index (κ1) is 28.7. The Hall–Kier alpha value is -5.27. The fourth-order valence-corrected chi connectivity index (χ4v) is 4.16. The van der Waals surface area contributed by atoms with Crippen LogP contribution in [0.3, 0.4) is 0 Å². The van der Waals surface area contributed by atoms with Crippen molar-refractivity contribution in [2.45, 2.75) is 12.2 Å².